The zero-order chi connectivity index (χ0) is 11.8. The quantitative estimate of drug-likeness (QED) is 0.827. The van der Waals surface area contributed by atoms with E-state index in [0.717, 1.165) is 43.1 Å². The summed E-state index contributed by atoms with van der Waals surface area (Å²) in [6, 6.07) is 0. The Labute approximate surface area is 97.0 Å². The molecular formula is C12H21N3O. The maximum atomic E-state index is 6.20. The average Bonchev–Trinajstić information content (AvgIpc) is 2.46. The van der Waals surface area contributed by atoms with Gasteiger partial charge in [-0.3, -0.25) is 4.68 Å². The minimum absolute atomic E-state index is 0.0379. The fourth-order valence-electron chi connectivity index (χ4n) is 2.21. The number of aromatic nitrogens is 2. The molecule has 1 fully saturated rings. The number of nitrogens with one attached hydrogen (secondary N) is 1. The molecule has 2 rings (SSSR count). The zero-order valence-electron chi connectivity index (χ0n) is 10.6. The van der Waals surface area contributed by atoms with Gasteiger partial charge in [0.05, 0.1) is 5.69 Å². The van der Waals surface area contributed by atoms with Crippen LogP contribution in [0.1, 0.15) is 31.2 Å². The second-order valence-corrected chi connectivity index (χ2v) is 4.93. The van der Waals surface area contributed by atoms with Crippen molar-refractivity contribution in [3.05, 3.63) is 11.4 Å². The average molecular weight is 223 g/mol. The van der Waals surface area contributed by atoms with Crippen molar-refractivity contribution in [2.24, 2.45) is 7.05 Å². The largest absolute Gasteiger partial charge is 0.484 e. The normalized spacial score (nSPS) is 19.8. The van der Waals surface area contributed by atoms with E-state index in [4.69, 9.17) is 4.74 Å². The molecule has 0 aromatic carbocycles. The molecule has 0 saturated carbocycles. The molecule has 1 aromatic rings. The first-order chi connectivity index (χ1) is 7.52. The first kappa shape index (κ1) is 11.5. The van der Waals surface area contributed by atoms with E-state index in [9.17, 15) is 0 Å². The Balaban J connectivity index is 2.19. The molecule has 0 unspecified atom stereocenters. The molecule has 1 aliphatic heterocycles. The second-order valence-electron chi connectivity index (χ2n) is 4.93. The minimum Gasteiger partial charge on any atom is -0.484 e. The molecular weight excluding hydrogens is 202 g/mol. The van der Waals surface area contributed by atoms with Crippen LogP contribution in [0, 0.1) is 13.8 Å². The van der Waals surface area contributed by atoms with E-state index in [1.165, 1.54) is 0 Å². The maximum Gasteiger partial charge on any atom is 0.163 e. The molecule has 1 saturated heterocycles. The van der Waals surface area contributed by atoms with Gasteiger partial charge in [0.15, 0.2) is 5.75 Å². The number of piperidine rings is 1. The number of aryl methyl sites for hydroxylation is 2. The Hall–Kier alpha value is -1.03. The fourth-order valence-corrected chi connectivity index (χ4v) is 2.21. The maximum absolute atomic E-state index is 6.20. The summed E-state index contributed by atoms with van der Waals surface area (Å²) in [5.41, 5.74) is 2.06. The summed E-state index contributed by atoms with van der Waals surface area (Å²) in [7, 11) is 1.96. The van der Waals surface area contributed by atoms with Crippen molar-refractivity contribution in [3.8, 4) is 5.75 Å². The van der Waals surface area contributed by atoms with Crippen LogP contribution in [0.15, 0.2) is 0 Å². The fraction of sp³-hybridized carbons (Fsp3) is 0.750. The van der Waals surface area contributed by atoms with Crippen LogP contribution in [0.3, 0.4) is 0 Å². The Morgan fingerprint density at radius 1 is 1.31 bits per heavy atom. The van der Waals surface area contributed by atoms with Gasteiger partial charge in [-0.05, 0) is 46.7 Å². The van der Waals surface area contributed by atoms with Gasteiger partial charge in [0, 0.05) is 7.05 Å². The Morgan fingerprint density at radius 3 is 2.44 bits per heavy atom. The van der Waals surface area contributed by atoms with Crippen LogP contribution >= 0.6 is 0 Å². The van der Waals surface area contributed by atoms with Gasteiger partial charge in [-0.1, -0.05) is 0 Å². The molecule has 16 heavy (non-hydrogen) atoms. The van der Waals surface area contributed by atoms with Crippen molar-refractivity contribution in [1.82, 2.24) is 15.1 Å². The van der Waals surface area contributed by atoms with Gasteiger partial charge in [-0.15, -0.1) is 0 Å². The van der Waals surface area contributed by atoms with Crippen molar-refractivity contribution in [2.45, 2.75) is 39.2 Å². The lowest BCUT2D eigenvalue weighted by molar-refractivity contribution is 0.0540. The molecule has 0 bridgehead atoms. The first-order valence-electron chi connectivity index (χ1n) is 5.92. The van der Waals surface area contributed by atoms with Gasteiger partial charge >= 0.3 is 0 Å². The van der Waals surface area contributed by atoms with Crippen molar-refractivity contribution in [2.75, 3.05) is 13.1 Å². The summed E-state index contributed by atoms with van der Waals surface area (Å²) in [5, 5.41) is 7.74. The van der Waals surface area contributed by atoms with E-state index in [-0.39, 0.29) is 5.60 Å². The van der Waals surface area contributed by atoms with Crippen molar-refractivity contribution in [1.29, 1.82) is 0 Å². The smallest absolute Gasteiger partial charge is 0.163 e. The van der Waals surface area contributed by atoms with Gasteiger partial charge < -0.3 is 10.1 Å². The van der Waals surface area contributed by atoms with Crippen LogP contribution in [0.5, 0.6) is 5.75 Å². The van der Waals surface area contributed by atoms with Crippen molar-refractivity contribution in [3.63, 3.8) is 0 Å². The molecule has 0 radical (unpaired) electrons. The highest BCUT2D eigenvalue weighted by molar-refractivity contribution is 5.32. The number of hydrogen-bond acceptors (Lipinski definition) is 3. The summed E-state index contributed by atoms with van der Waals surface area (Å²) in [5.74, 6) is 0.965. The predicted molar refractivity (Wildman–Crippen MR) is 63.8 cm³/mol. The third-order valence-corrected chi connectivity index (χ3v) is 3.45. The lowest BCUT2D eigenvalue weighted by atomic mass is 9.94. The van der Waals surface area contributed by atoms with E-state index in [1.54, 1.807) is 0 Å². The standard InChI is InChI=1S/C12H21N3O/c1-9-11(10(2)15(4)14-9)16-12(3)5-7-13-8-6-12/h13H,5-8H2,1-4H3. The highest BCUT2D eigenvalue weighted by atomic mass is 16.5. The Kier molecular flexibility index (Phi) is 2.93. The molecule has 1 N–H and O–H groups in total. The monoisotopic (exact) mass is 223 g/mol. The molecule has 0 spiro atoms. The topological polar surface area (TPSA) is 39.1 Å². The molecule has 1 aromatic heterocycles. The van der Waals surface area contributed by atoms with Gasteiger partial charge in [0.1, 0.15) is 11.3 Å². The summed E-state index contributed by atoms with van der Waals surface area (Å²) in [4.78, 5) is 0. The molecule has 0 atom stereocenters. The lowest BCUT2D eigenvalue weighted by Crippen LogP contribution is -2.44. The molecule has 90 valence electrons. The molecule has 0 amide bonds. The van der Waals surface area contributed by atoms with E-state index in [0.29, 0.717) is 0 Å². The highest BCUT2D eigenvalue weighted by Crippen LogP contribution is 2.30. The summed E-state index contributed by atoms with van der Waals surface area (Å²) >= 11 is 0. The molecule has 2 heterocycles. The summed E-state index contributed by atoms with van der Waals surface area (Å²) in [6.45, 7) is 8.33. The summed E-state index contributed by atoms with van der Waals surface area (Å²) in [6.07, 6.45) is 2.11. The van der Waals surface area contributed by atoms with Gasteiger partial charge in [0.25, 0.3) is 0 Å². The Bertz CT molecular complexity index is 378. The van der Waals surface area contributed by atoms with Crippen LogP contribution in [0.2, 0.25) is 0 Å². The van der Waals surface area contributed by atoms with E-state index < -0.39 is 0 Å². The van der Waals surface area contributed by atoms with Crippen LogP contribution in [0.25, 0.3) is 0 Å². The number of ether oxygens (including phenoxy) is 1. The molecule has 4 heteroatoms. The number of rotatable bonds is 2. The van der Waals surface area contributed by atoms with E-state index in [1.807, 2.05) is 18.7 Å². The number of hydrogen-bond donors (Lipinski definition) is 1. The minimum atomic E-state index is -0.0379. The SMILES string of the molecule is Cc1nn(C)c(C)c1OC1(C)CCNCC1. The molecule has 4 nitrogen and oxygen atoms in total. The number of nitrogens with zero attached hydrogens (tertiary/aromatic N) is 2. The third kappa shape index (κ3) is 2.07. The van der Waals surface area contributed by atoms with Crippen LogP contribution in [-0.4, -0.2) is 28.5 Å². The Morgan fingerprint density at radius 2 is 1.94 bits per heavy atom. The van der Waals surface area contributed by atoms with Gasteiger partial charge in [-0.2, -0.15) is 5.10 Å². The second kappa shape index (κ2) is 4.09. The van der Waals surface area contributed by atoms with Crippen LogP contribution < -0.4 is 10.1 Å². The predicted octanol–water partition coefficient (Wildman–Crippen LogP) is 1.56. The molecule has 0 aliphatic carbocycles. The first-order valence-corrected chi connectivity index (χ1v) is 5.92. The van der Waals surface area contributed by atoms with Gasteiger partial charge in [0.2, 0.25) is 0 Å². The summed E-state index contributed by atoms with van der Waals surface area (Å²) < 4.78 is 8.09. The van der Waals surface area contributed by atoms with Crippen LogP contribution in [0.4, 0.5) is 0 Å². The van der Waals surface area contributed by atoms with E-state index >= 15 is 0 Å². The van der Waals surface area contributed by atoms with Crippen molar-refractivity contribution >= 4 is 0 Å². The lowest BCUT2D eigenvalue weighted by Gasteiger charge is -2.34. The third-order valence-electron chi connectivity index (χ3n) is 3.45. The van der Waals surface area contributed by atoms with Crippen LogP contribution in [-0.2, 0) is 7.05 Å². The van der Waals surface area contributed by atoms with Crippen molar-refractivity contribution < 1.29 is 4.74 Å². The van der Waals surface area contributed by atoms with E-state index in [2.05, 4.69) is 24.3 Å². The highest BCUT2D eigenvalue weighted by Gasteiger charge is 2.30. The van der Waals surface area contributed by atoms with Gasteiger partial charge in [-0.25, -0.2) is 0 Å². The zero-order valence-corrected chi connectivity index (χ0v) is 10.6. The molecule has 1 aliphatic rings.